The standard InChI is InChI=1S/C25H24F2N4O3S/c1-13-12-14(2)29-25(28-13)30-21(17-7-9-18(10-8-17)34-24(26)27)20-15(3)16(4)35-23(20)31-22(32)19-6-5-11-33-19/h5-12,21,24H,1-4H3,(H,31,32)(H,28,29,30)/t21-/m1/s1. The minimum absolute atomic E-state index is 0.0507. The lowest BCUT2D eigenvalue weighted by Crippen LogP contribution is -2.18. The van der Waals surface area contributed by atoms with Crippen molar-refractivity contribution in [3.63, 3.8) is 0 Å². The number of ether oxygens (including phenoxy) is 1. The zero-order valence-electron chi connectivity index (χ0n) is 19.6. The molecule has 0 aliphatic rings. The van der Waals surface area contributed by atoms with E-state index in [9.17, 15) is 13.6 Å². The Morgan fingerprint density at radius 2 is 1.74 bits per heavy atom. The van der Waals surface area contributed by atoms with Gasteiger partial charge in [0.15, 0.2) is 5.76 Å². The Morgan fingerprint density at radius 3 is 2.34 bits per heavy atom. The molecule has 2 N–H and O–H groups in total. The van der Waals surface area contributed by atoms with Gasteiger partial charge >= 0.3 is 6.61 Å². The highest BCUT2D eigenvalue weighted by Gasteiger charge is 2.26. The van der Waals surface area contributed by atoms with E-state index in [-0.39, 0.29) is 17.4 Å². The van der Waals surface area contributed by atoms with Crippen LogP contribution in [0.25, 0.3) is 0 Å². The van der Waals surface area contributed by atoms with Gasteiger partial charge in [0.2, 0.25) is 5.95 Å². The molecule has 1 amide bonds. The number of aromatic nitrogens is 2. The number of amides is 1. The Hall–Kier alpha value is -3.79. The van der Waals surface area contributed by atoms with Crippen molar-refractivity contribution in [1.82, 2.24) is 9.97 Å². The number of alkyl halides is 2. The second kappa shape index (κ2) is 10.2. The van der Waals surface area contributed by atoms with Crippen LogP contribution in [0.5, 0.6) is 5.75 Å². The van der Waals surface area contributed by atoms with E-state index in [1.807, 2.05) is 33.8 Å². The zero-order valence-corrected chi connectivity index (χ0v) is 20.4. The van der Waals surface area contributed by atoms with Gasteiger partial charge in [-0.15, -0.1) is 11.3 Å². The number of carbonyl (C=O) groups is 1. The van der Waals surface area contributed by atoms with E-state index in [4.69, 9.17) is 4.42 Å². The predicted molar refractivity (Wildman–Crippen MR) is 130 cm³/mol. The molecule has 0 aliphatic carbocycles. The summed E-state index contributed by atoms with van der Waals surface area (Å²) in [6.07, 6.45) is 1.44. The maximum atomic E-state index is 12.8. The summed E-state index contributed by atoms with van der Waals surface area (Å²) in [7, 11) is 0. The molecular weight excluding hydrogens is 474 g/mol. The topological polar surface area (TPSA) is 89.3 Å². The lowest BCUT2D eigenvalue weighted by molar-refractivity contribution is -0.0498. The fraction of sp³-hybridized carbons (Fsp3) is 0.240. The van der Waals surface area contributed by atoms with E-state index >= 15 is 0 Å². The summed E-state index contributed by atoms with van der Waals surface area (Å²) < 4.78 is 35.1. The van der Waals surface area contributed by atoms with Crippen LogP contribution in [0.1, 0.15) is 49.6 Å². The lowest BCUT2D eigenvalue weighted by Gasteiger charge is -2.22. The van der Waals surface area contributed by atoms with Crippen molar-refractivity contribution in [2.45, 2.75) is 40.3 Å². The van der Waals surface area contributed by atoms with Crippen LogP contribution < -0.4 is 15.4 Å². The third-order valence-electron chi connectivity index (χ3n) is 5.39. The van der Waals surface area contributed by atoms with Crippen molar-refractivity contribution >= 4 is 28.2 Å². The van der Waals surface area contributed by atoms with Gasteiger partial charge in [-0.3, -0.25) is 4.79 Å². The summed E-state index contributed by atoms with van der Waals surface area (Å²) >= 11 is 1.44. The first-order valence-electron chi connectivity index (χ1n) is 10.8. The minimum atomic E-state index is -2.91. The van der Waals surface area contributed by atoms with Crippen molar-refractivity contribution in [3.8, 4) is 5.75 Å². The molecule has 3 heterocycles. The zero-order chi connectivity index (χ0) is 25.1. The molecule has 0 radical (unpaired) electrons. The number of nitrogens with one attached hydrogen (secondary N) is 2. The Morgan fingerprint density at radius 1 is 1.06 bits per heavy atom. The Bertz CT molecular complexity index is 1300. The molecule has 1 atom stereocenters. The maximum Gasteiger partial charge on any atom is 0.387 e. The smallest absolute Gasteiger partial charge is 0.387 e. The molecule has 0 spiro atoms. The van der Waals surface area contributed by atoms with Crippen LogP contribution in [0.15, 0.2) is 53.1 Å². The highest BCUT2D eigenvalue weighted by Crippen LogP contribution is 2.41. The molecule has 1 aromatic carbocycles. The predicted octanol–water partition coefficient (Wildman–Crippen LogP) is 6.42. The summed E-state index contributed by atoms with van der Waals surface area (Å²) in [4.78, 5) is 22.8. The van der Waals surface area contributed by atoms with Gasteiger partial charge in [-0.1, -0.05) is 12.1 Å². The molecule has 35 heavy (non-hydrogen) atoms. The molecule has 182 valence electrons. The largest absolute Gasteiger partial charge is 0.459 e. The quantitative estimate of drug-likeness (QED) is 0.291. The van der Waals surface area contributed by atoms with Gasteiger partial charge in [-0.25, -0.2) is 9.97 Å². The van der Waals surface area contributed by atoms with Gasteiger partial charge in [0.1, 0.15) is 10.8 Å². The van der Waals surface area contributed by atoms with Crippen molar-refractivity contribution in [2.75, 3.05) is 10.6 Å². The fourth-order valence-electron chi connectivity index (χ4n) is 3.74. The SMILES string of the molecule is Cc1cc(C)nc(N[C@H](c2ccc(OC(F)F)cc2)c2c(NC(=O)c3ccco3)sc(C)c2C)n1. The number of hydrogen-bond acceptors (Lipinski definition) is 7. The number of furan rings is 1. The highest BCUT2D eigenvalue weighted by molar-refractivity contribution is 7.16. The fourth-order valence-corrected chi connectivity index (χ4v) is 4.83. The van der Waals surface area contributed by atoms with Gasteiger partial charge in [-0.05, 0) is 69.2 Å². The number of rotatable bonds is 8. The molecule has 4 rings (SSSR count). The monoisotopic (exact) mass is 498 g/mol. The number of hydrogen-bond donors (Lipinski definition) is 2. The molecule has 0 saturated heterocycles. The van der Waals surface area contributed by atoms with Crippen LogP contribution in [0, 0.1) is 27.7 Å². The molecule has 0 fully saturated rings. The van der Waals surface area contributed by atoms with Gasteiger partial charge in [0.25, 0.3) is 5.91 Å². The van der Waals surface area contributed by atoms with E-state index in [1.54, 1.807) is 24.3 Å². The van der Waals surface area contributed by atoms with Crippen LogP contribution in [0.4, 0.5) is 19.7 Å². The lowest BCUT2D eigenvalue weighted by atomic mass is 9.96. The highest BCUT2D eigenvalue weighted by atomic mass is 32.1. The first-order chi connectivity index (χ1) is 16.7. The molecule has 10 heteroatoms. The molecule has 0 unspecified atom stereocenters. The Kier molecular flexibility index (Phi) is 7.11. The number of thiophene rings is 1. The number of nitrogens with zero attached hydrogens (tertiary/aromatic N) is 2. The Labute approximate surface area is 205 Å². The van der Waals surface area contributed by atoms with Crippen LogP contribution in [-0.2, 0) is 0 Å². The normalized spacial score (nSPS) is 12.0. The first kappa shape index (κ1) is 24.3. The van der Waals surface area contributed by atoms with Gasteiger partial charge < -0.3 is 19.8 Å². The maximum absolute atomic E-state index is 12.8. The third kappa shape index (κ3) is 5.65. The summed E-state index contributed by atoms with van der Waals surface area (Å²) in [5.41, 5.74) is 4.13. The van der Waals surface area contributed by atoms with E-state index in [0.717, 1.165) is 33.0 Å². The number of carbonyl (C=O) groups excluding carboxylic acids is 1. The average molecular weight is 499 g/mol. The van der Waals surface area contributed by atoms with Gasteiger partial charge in [0.05, 0.1) is 12.3 Å². The minimum Gasteiger partial charge on any atom is -0.459 e. The molecule has 0 saturated carbocycles. The summed E-state index contributed by atoms with van der Waals surface area (Å²) in [6, 6.07) is 11.0. The first-order valence-corrected chi connectivity index (χ1v) is 11.6. The van der Waals surface area contributed by atoms with Crippen molar-refractivity contribution in [1.29, 1.82) is 0 Å². The van der Waals surface area contributed by atoms with Gasteiger partial charge in [-0.2, -0.15) is 8.78 Å². The summed E-state index contributed by atoms with van der Waals surface area (Å²) in [5, 5.41) is 6.96. The second-order valence-corrected chi connectivity index (χ2v) is 9.18. The van der Waals surface area contributed by atoms with Crippen molar-refractivity contribution in [2.24, 2.45) is 0 Å². The van der Waals surface area contributed by atoms with Crippen molar-refractivity contribution in [3.05, 3.63) is 87.4 Å². The van der Waals surface area contributed by atoms with Crippen LogP contribution in [-0.4, -0.2) is 22.5 Å². The summed E-state index contributed by atoms with van der Waals surface area (Å²) in [5.74, 6) is 0.275. The average Bonchev–Trinajstić information content (AvgIpc) is 3.41. The number of anilines is 2. The molecule has 7 nitrogen and oxygen atoms in total. The van der Waals surface area contributed by atoms with E-state index in [0.29, 0.717) is 10.9 Å². The van der Waals surface area contributed by atoms with E-state index in [1.165, 1.54) is 29.7 Å². The molecule has 0 aliphatic heterocycles. The number of halogens is 2. The number of benzene rings is 1. The molecule has 0 bridgehead atoms. The van der Waals surface area contributed by atoms with Crippen LogP contribution >= 0.6 is 11.3 Å². The molecular formula is C25H24F2N4O3S. The Balaban J connectivity index is 1.78. The third-order valence-corrected chi connectivity index (χ3v) is 6.53. The van der Waals surface area contributed by atoms with Crippen molar-refractivity contribution < 1.29 is 22.7 Å². The van der Waals surface area contributed by atoms with Crippen LogP contribution in [0.2, 0.25) is 0 Å². The van der Waals surface area contributed by atoms with E-state index < -0.39 is 12.7 Å². The second-order valence-electron chi connectivity index (χ2n) is 7.96. The molecule has 4 aromatic rings. The number of aryl methyl sites for hydroxylation is 3. The van der Waals surface area contributed by atoms with Gasteiger partial charge in [0, 0.05) is 21.8 Å². The summed E-state index contributed by atoms with van der Waals surface area (Å²) in [6.45, 7) is 4.77. The van der Waals surface area contributed by atoms with Crippen LogP contribution in [0.3, 0.4) is 0 Å². The molecule has 3 aromatic heterocycles. The van der Waals surface area contributed by atoms with E-state index in [2.05, 4.69) is 25.3 Å².